The van der Waals surface area contributed by atoms with Crippen molar-refractivity contribution in [1.82, 2.24) is 4.90 Å². The van der Waals surface area contributed by atoms with Crippen LogP contribution in [0.1, 0.15) is 38.3 Å². The molecule has 2 amide bonds. The summed E-state index contributed by atoms with van der Waals surface area (Å²) in [6.45, 7) is -0.0598. The predicted molar refractivity (Wildman–Crippen MR) is 87.4 cm³/mol. The van der Waals surface area contributed by atoms with Gasteiger partial charge in [-0.15, -0.1) is 0 Å². The standard InChI is InChI=1S/C19H14N2O4/c20-11-13-5-1-2-6-14(13)12-25-17(22)9-10-21-18(23)15-7-3-4-8-16(15)19(21)24/h1-8H,9-10,12H2. The first-order chi connectivity index (χ1) is 12.1. The number of ether oxygens (including phenoxy) is 1. The molecular weight excluding hydrogens is 320 g/mol. The third-order valence-corrected chi connectivity index (χ3v) is 3.94. The van der Waals surface area contributed by atoms with Crippen LogP contribution in [-0.2, 0) is 16.1 Å². The zero-order valence-electron chi connectivity index (χ0n) is 13.3. The molecule has 6 heteroatoms. The highest BCUT2D eigenvalue weighted by atomic mass is 16.5. The van der Waals surface area contributed by atoms with Gasteiger partial charge in [0.2, 0.25) is 0 Å². The maximum Gasteiger partial charge on any atom is 0.307 e. The lowest BCUT2D eigenvalue weighted by Gasteiger charge is -2.13. The number of benzene rings is 2. The van der Waals surface area contributed by atoms with Gasteiger partial charge in [-0.05, 0) is 18.2 Å². The van der Waals surface area contributed by atoms with E-state index in [0.29, 0.717) is 22.3 Å². The zero-order valence-corrected chi connectivity index (χ0v) is 13.3. The van der Waals surface area contributed by atoms with Crippen LogP contribution in [-0.4, -0.2) is 29.2 Å². The first-order valence-corrected chi connectivity index (χ1v) is 7.70. The van der Waals surface area contributed by atoms with Crippen molar-refractivity contribution in [3.63, 3.8) is 0 Å². The average Bonchev–Trinajstić information content (AvgIpc) is 2.89. The average molecular weight is 334 g/mol. The quantitative estimate of drug-likeness (QED) is 0.618. The van der Waals surface area contributed by atoms with E-state index in [0.717, 1.165) is 4.90 Å². The fourth-order valence-corrected chi connectivity index (χ4v) is 2.63. The van der Waals surface area contributed by atoms with Gasteiger partial charge in [-0.3, -0.25) is 19.3 Å². The lowest BCUT2D eigenvalue weighted by atomic mass is 10.1. The number of nitriles is 1. The van der Waals surface area contributed by atoms with Crippen LogP contribution in [0, 0.1) is 11.3 Å². The van der Waals surface area contributed by atoms with Crippen LogP contribution in [0.5, 0.6) is 0 Å². The maximum absolute atomic E-state index is 12.2. The lowest BCUT2D eigenvalue weighted by Crippen LogP contribution is -2.32. The lowest BCUT2D eigenvalue weighted by molar-refractivity contribution is -0.145. The Bertz CT molecular complexity index is 863. The second-order valence-corrected chi connectivity index (χ2v) is 5.49. The van der Waals surface area contributed by atoms with Gasteiger partial charge in [0.05, 0.1) is 29.2 Å². The monoisotopic (exact) mass is 334 g/mol. The minimum absolute atomic E-state index is 0.0231. The van der Waals surface area contributed by atoms with E-state index in [4.69, 9.17) is 10.00 Å². The summed E-state index contributed by atoms with van der Waals surface area (Å²) in [4.78, 5) is 37.4. The molecule has 0 aromatic heterocycles. The zero-order chi connectivity index (χ0) is 17.8. The summed E-state index contributed by atoms with van der Waals surface area (Å²) in [6, 6.07) is 15.4. The first kappa shape index (κ1) is 16.4. The highest BCUT2D eigenvalue weighted by Crippen LogP contribution is 2.22. The van der Waals surface area contributed by atoms with E-state index in [1.54, 1.807) is 48.5 Å². The summed E-state index contributed by atoms with van der Waals surface area (Å²) >= 11 is 0. The van der Waals surface area contributed by atoms with Crippen LogP contribution in [0.2, 0.25) is 0 Å². The van der Waals surface area contributed by atoms with Crippen LogP contribution in [0.25, 0.3) is 0 Å². The third kappa shape index (κ3) is 3.26. The van der Waals surface area contributed by atoms with Crippen molar-refractivity contribution in [3.05, 3.63) is 70.8 Å². The van der Waals surface area contributed by atoms with Crippen molar-refractivity contribution in [2.75, 3.05) is 6.54 Å². The molecule has 0 bridgehead atoms. The van der Waals surface area contributed by atoms with Gasteiger partial charge in [0.1, 0.15) is 6.61 Å². The van der Waals surface area contributed by atoms with Gasteiger partial charge in [0.15, 0.2) is 0 Å². The van der Waals surface area contributed by atoms with E-state index in [9.17, 15) is 14.4 Å². The predicted octanol–water partition coefficient (Wildman–Crippen LogP) is 2.29. The van der Waals surface area contributed by atoms with Crippen molar-refractivity contribution < 1.29 is 19.1 Å². The summed E-state index contributed by atoms with van der Waals surface area (Å²) in [6.07, 6.45) is -0.0970. The molecule has 0 radical (unpaired) electrons. The van der Waals surface area contributed by atoms with E-state index >= 15 is 0 Å². The molecule has 0 unspecified atom stereocenters. The Morgan fingerprint density at radius 2 is 1.60 bits per heavy atom. The number of carbonyl (C=O) groups excluding carboxylic acids is 3. The van der Waals surface area contributed by atoms with Gasteiger partial charge in [-0.2, -0.15) is 5.26 Å². The fourth-order valence-electron chi connectivity index (χ4n) is 2.63. The van der Waals surface area contributed by atoms with E-state index in [1.165, 1.54) is 0 Å². The summed E-state index contributed by atoms with van der Waals surface area (Å²) in [5.41, 5.74) is 1.75. The van der Waals surface area contributed by atoms with Gasteiger partial charge in [0, 0.05) is 12.1 Å². The third-order valence-electron chi connectivity index (χ3n) is 3.94. The van der Waals surface area contributed by atoms with Crippen molar-refractivity contribution in [2.24, 2.45) is 0 Å². The topological polar surface area (TPSA) is 87.5 Å². The highest BCUT2D eigenvalue weighted by molar-refractivity contribution is 6.21. The molecule has 3 rings (SSSR count). The molecule has 0 fully saturated rings. The second-order valence-electron chi connectivity index (χ2n) is 5.49. The Balaban J connectivity index is 1.56. The Labute approximate surface area is 144 Å². The van der Waals surface area contributed by atoms with E-state index in [1.807, 2.05) is 6.07 Å². The van der Waals surface area contributed by atoms with Crippen LogP contribution in [0.15, 0.2) is 48.5 Å². The van der Waals surface area contributed by atoms with E-state index in [2.05, 4.69) is 0 Å². The molecular formula is C19H14N2O4. The molecule has 0 spiro atoms. The molecule has 1 aliphatic rings. The maximum atomic E-state index is 12.2. The van der Waals surface area contributed by atoms with Crippen LogP contribution in [0.3, 0.4) is 0 Å². The number of hydrogen-bond donors (Lipinski definition) is 0. The van der Waals surface area contributed by atoms with Crippen molar-refractivity contribution in [2.45, 2.75) is 13.0 Å². The van der Waals surface area contributed by atoms with Gasteiger partial charge in [-0.1, -0.05) is 30.3 Å². The largest absolute Gasteiger partial charge is 0.461 e. The summed E-state index contributed by atoms with van der Waals surface area (Å²) < 4.78 is 5.14. The highest BCUT2D eigenvalue weighted by Gasteiger charge is 2.35. The summed E-state index contributed by atoms with van der Waals surface area (Å²) in [7, 11) is 0. The molecule has 0 N–H and O–H groups in total. The number of rotatable bonds is 5. The van der Waals surface area contributed by atoms with Gasteiger partial charge in [-0.25, -0.2) is 0 Å². The smallest absolute Gasteiger partial charge is 0.307 e. The Kier molecular flexibility index (Phi) is 4.57. The minimum atomic E-state index is -0.538. The number of imide groups is 1. The molecule has 0 atom stereocenters. The molecule has 0 saturated heterocycles. The molecule has 124 valence electrons. The molecule has 0 saturated carbocycles. The van der Waals surface area contributed by atoms with Crippen LogP contribution in [0.4, 0.5) is 0 Å². The number of carbonyl (C=O) groups is 3. The van der Waals surface area contributed by atoms with Crippen molar-refractivity contribution in [1.29, 1.82) is 5.26 Å². The summed E-state index contributed by atoms with van der Waals surface area (Å²) in [5, 5.41) is 9.00. The first-order valence-electron chi connectivity index (χ1n) is 7.70. The van der Waals surface area contributed by atoms with E-state index < -0.39 is 17.8 Å². The Morgan fingerprint density at radius 1 is 1.00 bits per heavy atom. The molecule has 1 aliphatic heterocycles. The minimum Gasteiger partial charge on any atom is -0.461 e. The second kappa shape index (κ2) is 6.97. The molecule has 0 aliphatic carbocycles. The molecule has 2 aromatic rings. The Morgan fingerprint density at radius 3 is 2.24 bits per heavy atom. The number of nitrogens with zero attached hydrogens (tertiary/aromatic N) is 2. The number of amides is 2. The van der Waals surface area contributed by atoms with E-state index in [-0.39, 0.29) is 19.6 Å². The van der Waals surface area contributed by atoms with Crippen LogP contribution >= 0.6 is 0 Å². The number of esters is 1. The van der Waals surface area contributed by atoms with Crippen molar-refractivity contribution in [3.8, 4) is 6.07 Å². The normalized spacial score (nSPS) is 12.7. The number of hydrogen-bond acceptors (Lipinski definition) is 5. The SMILES string of the molecule is N#Cc1ccccc1COC(=O)CCN1C(=O)c2ccccc2C1=O. The molecule has 2 aromatic carbocycles. The van der Waals surface area contributed by atoms with Gasteiger partial charge < -0.3 is 4.74 Å². The molecule has 6 nitrogen and oxygen atoms in total. The molecule has 25 heavy (non-hydrogen) atoms. The van der Waals surface area contributed by atoms with Gasteiger partial charge >= 0.3 is 5.97 Å². The number of fused-ring (bicyclic) bond motifs is 1. The summed E-state index contributed by atoms with van der Waals surface area (Å²) in [5.74, 6) is -1.34. The Hall–Kier alpha value is -3.46. The van der Waals surface area contributed by atoms with Crippen LogP contribution < -0.4 is 0 Å². The van der Waals surface area contributed by atoms with Crippen molar-refractivity contribution >= 4 is 17.8 Å². The van der Waals surface area contributed by atoms with Gasteiger partial charge in [0.25, 0.3) is 11.8 Å². The fraction of sp³-hybridized carbons (Fsp3) is 0.158. The molecule has 1 heterocycles.